The Kier molecular flexibility index (Phi) is 8.81. The predicted octanol–water partition coefficient (Wildman–Crippen LogP) is 4.92. The van der Waals surface area contributed by atoms with Crippen LogP contribution in [0.3, 0.4) is 0 Å². The minimum Gasteiger partial charge on any atom is -0.487 e. The number of hydrogen-bond acceptors (Lipinski definition) is 7. The zero-order valence-corrected chi connectivity index (χ0v) is 25.4. The zero-order chi connectivity index (χ0) is 29.9. The van der Waals surface area contributed by atoms with E-state index in [0.717, 1.165) is 36.9 Å². The smallest absolute Gasteiger partial charge is 0.410 e. The van der Waals surface area contributed by atoms with E-state index in [2.05, 4.69) is 22.0 Å². The van der Waals surface area contributed by atoms with E-state index in [9.17, 15) is 9.59 Å². The largest absolute Gasteiger partial charge is 0.487 e. The quantitative estimate of drug-likeness (QED) is 0.409. The molecule has 2 aromatic heterocycles. The second kappa shape index (κ2) is 12.9. The highest BCUT2D eigenvalue weighted by Crippen LogP contribution is 2.38. The molecule has 1 aromatic carbocycles. The molecule has 226 valence electrons. The van der Waals surface area contributed by atoms with Gasteiger partial charge < -0.3 is 14.4 Å². The summed E-state index contributed by atoms with van der Waals surface area (Å²) in [5.74, 6) is 0.599. The second-order valence-electron chi connectivity index (χ2n) is 11.8. The summed E-state index contributed by atoms with van der Waals surface area (Å²) in [5, 5.41) is 0.707. The number of hydrogen-bond donors (Lipinski definition) is 0. The SMILES string of the molecule is CC(C)OC(=O)N1CCN(C2c3ccc(Cl)cc3CCc3cccnc32)C[C@@H]1C(=O)N1CCCC(Oc2cccnc2)C1. The molecule has 0 N–H and O–H groups in total. The van der Waals surface area contributed by atoms with E-state index < -0.39 is 12.1 Å². The number of carbonyl (C=O) groups excluding carboxylic acids is 2. The van der Waals surface area contributed by atoms with Crippen molar-refractivity contribution in [2.24, 2.45) is 0 Å². The van der Waals surface area contributed by atoms with Crippen molar-refractivity contribution >= 4 is 23.6 Å². The number of ether oxygens (including phenoxy) is 2. The fourth-order valence-electron chi connectivity index (χ4n) is 6.54. The van der Waals surface area contributed by atoms with Gasteiger partial charge in [0.2, 0.25) is 5.91 Å². The molecule has 0 saturated carbocycles. The van der Waals surface area contributed by atoms with Crippen molar-refractivity contribution in [2.45, 2.75) is 63.8 Å². The number of piperazine rings is 1. The van der Waals surface area contributed by atoms with Crippen LogP contribution in [-0.4, -0.2) is 87.6 Å². The lowest BCUT2D eigenvalue weighted by Gasteiger charge is -2.45. The minimum atomic E-state index is -0.705. The van der Waals surface area contributed by atoms with Crippen molar-refractivity contribution in [3.63, 3.8) is 0 Å². The van der Waals surface area contributed by atoms with E-state index in [1.807, 2.05) is 55.3 Å². The van der Waals surface area contributed by atoms with E-state index in [4.69, 9.17) is 26.1 Å². The van der Waals surface area contributed by atoms with Crippen LogP contribution in [0.15, 0.2) is 61.1 Å². The maximum Gasteiger partial charge on any atom is 0.410 e. The molecule has 2 unspecified atom stereocenters. The third-order valence-electron chi connectivity index (χ3n) is 8.51. The van der Waals surface area contributed by atoms with Gasteiger partial charge in [0.15, 0.2) is 0 Å². The van der Waals surface area contributed by atoms with Crippen molar-refractivity contribution in [1.82, 2.24) is 24.7 Å². The number of rotatable bonds is 5. The van der Waals surface area contributed by atoms with Crippen LogP contribution in [0, 0.1) is 0 Å². The summed E-state index contributed by atoms with van der Waals surface area (Å²) >= 11 is 6.43. The topological polar surface area (TPSA) is 88.1 Å². The number of fused-ring (bicyclic) bond motifs is 2. The average molecular weight is 604 g/mol. The summed E-state index contributed by atoms with van der Waals surface area (Å²) in [6, 6.07) is 13.0. The number of benzene rings is 1. The van der Waals surface area contributed by atoms with E-state index in [0.29, 0.717) is 43.5 Å². The normalized spacial score (nSPS) is 22.4. The van der Waals surface area contributed by atoms with Crippen LogP contribution in [0.4, 0.5) is 4.79 Å². The fraction of sp³-hybridized carbons (Fsp3) is 0.455. The maximum atomic E-state index is 14.3. The van der Waals surface area contributed by atoms with Gasteiger partial charge in [0, 0.05) is 43.6 Å². The van der Waals surface area contributed by atoms with Crippen LogP contribution in [-0.2, 0) is 22.4 Å². The number of nitrogens with zero attached hydrogens (tertiary/aromatic N) is 5. The molecular formula is C33H38ClN5O4. The molecule has 2 saturated heterocycles. The lowest BCUT2D eigenvalue weighted by molar-refractivity contribution is -0.142. The molecule has 4 heterocycles. The van der Waals surface area contributed by atoms with Gasteiger partial charge in [0.1, 0.15) is 17.9 Å². The Morgan fingerprint density at radius 3 is 2.65 bits per heavy atom. The third-order valence-corrected chi connectivity index (χ3v) is 8.74. The summed E-state index contributed by atoms with van der Waals surface area (Å²) in [6.45, 7) is 6.02. The van der Waals surface area contributed by atoms with Crippen LogP contribution in [0.25, 0.3) is 0 Å². The summed E-state index contributed by atoms with van der Waals surface area (Å²) in [6.07, 6.45) is 7.72. The van der Waals surface area contributed by atoms with Crippen LogP contribution >= 0.6 is 11.6 Å². The predicted molar refractivity (Wildman–Crippen MR) is 163 cm³/mol. The van der Waals surface area contributed by atoms with Gasteiger partial charge in [0.05, 0.1) is 30.6 Å². The van der Waals surface area contributed by atoms with Crippen molar-refractivity contribution < 1.29 is 19.1 Å². The first-order valence-corrected chi connectivity index (χ1v) is 15.5. The molecule has 2 aliphatic heterocycles. The van der Waals surface area contributed by atoms with Crippen LogP contribution < -0.4 is 4.74 Å². The molecule has 0 spiro atoms. The first-order valence-electron chi connectivity index (χ1n) is 15.2. The zero-order valence-electron chi connectivity index (χ0n) is 24.7. The van der Waals surface area contributed by atoms with Gasteiger partial charge in [-0.15, -0.1) is 0 Å². The summed E-state index contributed by atoms with van der Waals surface area (Å²) in [5.41, 5.74) is 4.52. The second-order valence-corrected chi connectivity index (χ2v) is 12.2. The van der Waals surface area contributed by atoms with Crippen LogP contribution in [0.1, 0.15) is 55.1 Å². The molecule has 10 heteroatoms. The lowest BCUT2D eigenvalue weighted by Crippen LogP contribution is -2.63. The highest BCUT2D eigenvalue weighted by Gasteiger charge is 2.43. The molecule has 43 heavy (non-hydrogen) atoms. The number of amides is 2. The van der Waals surface area contributed by atoms with Crippen LogP contribution in [0.5, 0.6) is 5.75 Å². The fourth-order valence-corrected chi connectivity index (χ4v) is 6.74. The molecular weight excluding hydrogens is 566 g/mol. The highest BCUT2D eigenvalue weighted by molar-refractivity contribution is 6.30. The van der Waals surface area contributed by atoms with Gasteiger partial charge in [-0.05, 0) is 86.6 Å². The number of carbonyl (C=O) groups is 2. The number of aryl methyl sites for hydroxylation is 2. The summed E-state index contributed by atoms with van der Waals surface area (Å²) in [4.78, 5) is 42.4. The minimum absolute atomic E-state index is 0.0870. The molecule has 3 aromatic rings. The van der Waals surface area contributed by atoms with Crippen molar-refractivity contribution in [3.8, 4) is 5.75 Å². The number of likely N-dealkylation sites (tertiary alicyclic amines) is 1. The Labute approximate surface area is 257 Å². The highest BCUT2D eigenvalue weighted by atomic mass is 35.5. The van der Waals surface area contributed by atoms with E-state index >= 15 is 0 Å². The Bertz CT molecular complexity index is 1450. The lowest BCUT2D eigenvalue weighted by atomic mass is 9.95. The number of pyridine rings is 2. The van der Waals surface area contributed by atoms with Crippen LogP contribution in [0.2, 0.25) is 5.02 Å². The standard InChI is InChI=1S/C33H38ClN5O4/c1-22(2)42-33(41)39-17-16-37(31-28-12-11-25(34)18-24(28)10-9-23-6-3-14-36-30(23)31)21-29(39)32(40)38-15-5-8-27(20-38)43-26-7-4-13-35-19-26/h3-4,6-7,11-14,18-19,22,27,29,31H,5,8-10,15-17,20-21H2,1-2H3/t27?,29-,31?/m1/s1. The van der Waals surface area contributed by atoms with E-state index in [1.165, 1.54) is 11.1 Å². The Morgan fingerprint density at radius 2 is 1.84 bits per heavy atom. The van der Waals surface area contributed by atoms with Crippen molar-refractivity contribution in [2.75, 3.05) is 32.7 Å². The van der Waals surface area contributed by atoms with Gasteiger partial charge in [-0.3, -0.25) is 24.6 Å². The monoisotopic (exact) mass is 603 g/mol. The van der Waals surface area contributed by atoms with Crippen molar-refractivity contribution in [1.29, 1.82) is 0 Å². The molecule has 2 fully saturated rings. The van der Waals surface area contributed by atoms with Gasteiger partial charge in [-0.1, -0.05) is 23.7 Å². The Balaban J connectivity index is 1.30. The first-order chi connectivity index (χ1) is 20.9. The Morgan fingerprint density at radius 1 is 1.00 bits per heavy atom. The molecule has 3 atom stereocenters. The molecule has 0 bridgehead atoms. The molecule has 6 rings (SSSR count). The third kappa shape index (κ3) is 6.48. The number of aromatic nitrogens is 2. The first kappa shape index (κ1) is 29.4. The van der Waals surface area contributed by atoms with Crippen molar-refractivity contribution in [3.05, 3.63) is 88.5 Å². The van der Waals surface area contributed by atoms with Gasteiger partial charge >= 0.3 is 6.09 Å². The van der Waals surface area contributed by atoms with Gasteiger partial charge in [0.25, 0.3) is 0 Å². The molecule has 0 radical (unpaired) electrons. The number of piperidine rings is 1. The average Bonchev–Trinajstić information content (AvgIpc) is 3.17. The molecule has 3 aliphatic rings. The van der Waals surface area contributed by atoms with Gasteiger partial charge in [-0.25, -0.2) is 4.79 Å². The summed E-state index contributed by atoms with van der Waals surface area (Å²) in [7, 11) is 0. The molecule has 2 amide bonds. The Hall–Kier alpha value is -3.69. The molecule has 1 aliphatic carbocycles. The van der Waals surface area contributed by atoms with Gasteiger partial charge in [-0.2, -0.15) is 0 Å². The van der Waals surface area contributed by atoms with E-state index in [-0.39, 0.29) is 24.2 Å². The summed E-state index contributed by atoms with van der Waals surface area (Å²) < 4.78 is 11.8. The number of halogens is 1. The van der Waals surface area contributed by atoms with E-state index in [1.54, 1.807) is 17.3 Å². The molecule has 9 nitrogen and oxygen atoms in total. The maximum absolute atomic E-state index is 14.3.